The summed E-state index contributed by atoms with van der Waals surface area (Å²) in [6.45, 7) is 5.18. The number of rotatable bonds is 6. The molecular weight excluding hydrogens is 192 g/mol. The highest BCUT2D eigenvalue weighted by atomic mass is 16.5. The lowest BCUT2D eigenvalue weighted by atomic mass is 10.4. The average molecular weight is 210 g/mol. The van der Waals surface area contributed by atoms with E-state index in [1.807, 2.05) is 33.0 Å². The smallest absolute Gasteiger partial charge is 0.129 e. The first kappa shape index (κ1) is 11.8. The lowest BCUT2D eigenvalue weighted by Gasteiger charge is -2.09. The third kappa shape index (κ3) is 4.65. The minimum absolute atomic E-state index is 0.249. The molecule has 84 valence electrons. The summed E-state index contributed by atoms with van der Waals surface area (Å²) in [5.41, 5.74) is 0. The molecule has 1 aromatic heterocycles. The van der Waals surface area contributed by atoms with Gasteiger partial charge >= 0.3 is 0 Å². The molecule has 0 aliphatic carbocycles. The van der Waals surface area contributed by atoms with Crippen LogP contribution in [0.3, 0.4) is 0 Å². The van der Waals surface area contributed by atoms with E-state index in [4.69, 9.17) is 9.47 Å². The maximum absolute atomic E-state index is 5.49. The SMILES string of the molecule is CNc1cc(OCCOC(C)C)ccn1. The fraction of sp³-hybridized carbons (Fsp3) is 0.545. The number of nitrogens with zero attached hydrogens (tertiary/aromatic N) is 1. The summed E-state index contributed by atoms with van der Waals surface area (Å²) in [5, 5.41) is 2.95. The molecule has 1 aromatic rings. The van der Waals surface area contributed by atoms with Crippen LogP contribution in [0.4, 0.5) is 5.82 Å². The van der Waals surface area contributed by atoms with Crippen LogP contribution in [0, 0.1) is 0 Å². The van der Waals surface area contributed by atoms with Crippen LogP contribution >= 0.6 is 0 Å². The summed E-state index contributed by atoms with van der Waals surface area (Å²) in [6.07, 6.45) is 1.96. The Morgan fingerprint density at radius 3 is 2.87 bits per heavy atom. The fourth-order valence-corrected chi connectivity index (χ4v) is 1.08. The zero-order chi connectivity index (χ0) is 11.1. The van der Waals surface area contributed by atoms with Crippen LogP contribution in [0.5, 0.6) is 5.75 Å². The molecule has 15 heavy (non-hydrogen) atoms. The number of pyridine rings is 1. The van der Waals surface area contributed by atoms with E-state index in [9.17, 15) is 0 Å². The van der Waals surface area contributed by atoms with Gasteiger partial charge in [-0.1, -0.05) is 0 Å². The molecule has 1 N–H and O–H groups in total. The molecule has 4 heteroatoms. The number of hydrogen-bond acceptors (Lipinski definition) is 4. The van der Waals surface area contributed by atoms with Crippen LogP contribution in [0.15, 0.2) is 18.3 Å². The Hall–Kier alpha value is -1.29. The van der Waals surface area contributed by atoms with Crippen LogP contribution in [0.2, 0.25) is 0 Å². The highest BCUT2D eigenvalue weighted by Crippen LogP contribution is 2.13. The van der Waals surface area contributed by atoms with E-state index in [1.54, 1.807) is 6.20 Å². The van der Waals surface area contributed by atoms with Crippen molar-refractivity contribution in [2.75, 3.05) is 25.6 Å². The van der Waals surface area contributed by atoms with Crippen LogP contribution < -0.4 is 10.1 Å². The van der Waals surface area contributed by atoms with Crippen molar-refractivity contribution in [2.24, 2.45) is 0 Å². The minimum atomic E-state index is 0.249. The van der Waals surface area contributed by atoms with Gasteiger partial charge in [-0.2, -0.15) is 0 Å². The Labute approximate surface area is 90.6 Å². The summed E-state index contributed by atoms with van der Waals surface area (Å²) in [4.78, 5) is 4.09. The first-order chi connectivity index (χ1) is 7.22. The van der Waals surface area contributed by atoms with Crippen molar-refractivity contribution in [3.05, 3.63) is 18.3 Å². The Morgan fingerprint density at radius 2 is 2.20 bits per heavy atom. The first-order valence-electron chi connectivity index (χ1n) is 5.10. The summed E-state index contributed by atoms with van der Waals surface area (Å²) in [6, 6.07) is 3.69. The van der Waals surface area contributed by atoms with E-state index in [-0.39, 0.29) is 6.10 Å². The Kier molecular flexibility index (Phi) is 4.90. The molecule has 1 heterocycles. The number of nitrogens with one attached hydrogen (secondary N) is 1. The van der Waals surface area contributed by atoms with Crippen molar-refractivity contribution >= 4 is 5.82 Å². The topological polar surface area (TPSA) is 43.4 Å². The van der Waals surface area contributed by atoms with Crippen molar-refractivity contribution in [3.63, 3.8) is 0 Å². The van der Waals surface area contributed by atoms with Crippen LogP contribution in [0.1, 0.15) is 13.8 Å². The monoisotopic (exact) mass is 210 g/mol. The lowest BCUT2D eigenvalue weighted by Crippen LogP contribution is -2.11. The molecule has 0 aliphatic heterocycles. The molecule has 0 radical (unpaired) electrons. The van der Waals surface area contributed by atoms with Gasteiger partial charge in [0.15, 0.2) is 0 Å². The maximum atomic E-state index is 5.49. The van der Waals surface area contributed by atoms with E-state index in [0.29, 0.717) is 13.2 Å². The first-order valence-corrected chi connectivity index (χ1v) is 5.10. The second kappa shape index (κ2) is 6.24. The third-order valence-electron chi connectivity index (χ3n) is 1.79. The zero-order valence-electron chi connectivity index (χ0n) is 9.49. The van der Waals surface area contributed by atoms with Gasteiger partial charge in [0.05, 0.1) is 12.7 Å². The predicted octanol–water partition coefficient (Wildman–Crippen LogP) is 1.93. The molecule has 0 aromatic carbocycles. The van der Waals surface area contributed by atoms with E-state index in [0.717, 1.165) is 11.6 Å². The lowest BCUT2D eigenvalue weighted by molar-refractivity contribution is 0.0552. The molecule has 0 atom stereocenters. The highest BCUT2D eigenvalue weighted by Gasteiger charge is 1.97. The number of aromatic nitrogens is 1. The Morgan fingerprint density at radius 1 is 1.40 bits per heavy atom. The average Bonchev–Trinajstić information content (AvgIpc) is 2.24. The number of hydrogen-bond donors (Lipinski definition) is 1. The van der Waals surface area contributed by atoms with Crippen LogP contribution in [0.25, 0.3) is 0 Å². The molecule has 1 rings (SSSR count). The van der Waals surface area contributed by atoms with Crippen molar-refractivity contribution in [1.82, 2.24) is 4.98 Å². The summed E-state index contributed by atoms with van der Waals surface area (Å²) in [7, 11) is 1.83. The van der Waals surface area contributed by atoms with E-state index in [2.05, 4.69) is 10.3 Å². The Bertz CT molecular complexity index is 290. The molecule has 4 nitrogen and oxygen atoms in total. The zero-order valence-corrected chi connectivity index (χ0v) is 9.49. The quantitative estimate of drug-likeness (QED) is 0.728. The van der Waals surface area contributed by atoms with Gasteiger partial charge in [0.1, 0.15) is 18.2 Å². The molecule has 0 bridgehead atoms. The van der Waals surface area contributed by atoms with Gasteiger partial charge < -0.3 is 14.8 Å². The van der Waals surface area contributed by atoms with Gasteiger partial charge in [-0.05, 0) is 19.9 Å². The third-order valence-corrected chi connectivity index (χ3v) is 1.79. The standard InChI is InChI=1S/C11H18N2O2/c1-9(2)14-6-7-15-10-4-5-13-11(8-10)12-3/h4-5,8-9H,6-7H2,1-3H3,(H,12,13). The van der Waals surface area contributed by atoms with Gasteiger partial charge in [0.2, 0.25) is 0 Å². The maximum Gasteiger partial charge on any atom is 0.129 e. The van der Waals surface area contributed by atoms with Crippen molar-refractivity contribution in [1.29, 1.82) is 0 Å². The summed E-state index contributed by atoms with van der Waals surface area (Å²) in [5.74, 6) is 1.61. The van der Waals surface area contributed by atoms with E-state index < -0.39 is 0 Å². The van der Waals surface area contributed by atoms with Crippen molar-refractivity contribution in [3.8, 4) is 5.75 Å². The van der Waals surface area contributed by atoms with Gasteiger partial charge in [0.25, 0.3) is 0 Å². The number of anilines is 1. The van der Waals surface area contributed by atoms with Gasteiger partial charge in [-0.3, -0.25) is 0 Å². The van der Waals surface area contributed by atoms with E-state index in [1.165, 1.54) is 0 Å². The molecule has 0 amide bonds. The second-order valence-electron chi connectivity index (χ2n) is 3.39. The molecule has 0 unspecified atom stereocenters. The largest absolute Gasteiger partial charge is 0.491 e. The van der Waals surface area contributed by atoms with Gasteiger partial charge in [-0.15, -0.1) is 0 Å². The number of ether oxygens (including phenoxy) is 2. The van der Waals surface area contributed by atoms with E-state index >= 15 is 0 Å². The van der Waals surface area contributed by atoms with Crippen molar-refractivity contribution < 1.29 is 9.47 Å². The predicted molar refractivity (Wildman–Crippen MR) is 60.4 cm³/mol. The molecule has 0 spiro atoms. The second-order valence-corrected chi connectivity index (χ2v) is 3.39. The van der Waals surface area contributed by atoms with Gasteiger partial charge in [0, 0.05) is 19.3 Å². The Balaban J connectivity index is 2.30. The van der Waals surface area contributed by atoms with Gasteiger partial charge in [-0.25, -0.2) is 4.98 Å². The van der Waals surface area contributed by atoms with Crippen LogP contribution in [-0.4, -0.2) is 31.3 Å². The summed E-state index contributed by atoms with van der Waals surface area (Å²) >= 11 is 0. The normalized spacial score (nSPS) is 10.4. The minimum Gasteiger partial charge on any atom is -0.491 e. The summed E-state index contributed by atoms with van der Waals surface area (Å²) < 4.78 is 10.9. The van der Waals surface area contributed by atoms with Crippen LogP contribution in [-0.2, 0) is 4.74 Å². The highest BCUT2D eigenvalue weighted by molar-refractivity contribution is 5.39. The molecule has 0 aliphatic rings. The molecule has 0 saturated carbocycles. The van der Waals surface area contributed by atoms with Crippen molar-refractivity contribution in [2.45, 2.75) is 20.0 Å². The fourth-order valence-electron chi connectivity index (χ4n) is 1.08. The molecule has 0 fully saturated rings. The molecular formula is C11H18N2O2. The molecule has 0 saturated heterocycles.